The van der Waals surface area contributed by atoms with Gasteiger partial charge in [-0.1, -0.05) is 6.07 Å². The van der Waals surface area contributed by atoms with Crippen LogP contribution in [0.1, 0.15) is 12.0 Å². The van der Waals surface area contributed by atoms with E-state index in [9.17, 15) is 16.8 Å². The Morgan fingerprint density at radius 3 is 2.50 bits per heavy atom. The third-order valence-electron chi connectivity index (χ3n) is 2.45. The SMILES string of the molecule is CS(=O)(=O)CS(=O)(=O)N(CCCN)Cc1cccnc1. The predicted molar refractivity (Wildman–Crippen MR) is 76.9 cm³/mol. The fraction of sp³-hybridized carbons (Fsp3) is 0.545. The molecule has 1 aromatic rings. The number of nitrogens with zero attached hydrogens (tertiary/aromatic N) is 2. The standard InChI is InChI=1S/C11H19N3O4S2/c1-19(15,16)10-20(17,18)14(7-3-5-12)9-11-4-2-6-13-8-11/h2,4,6,8H,3,5,7,9-10,12H2,1H3. The van der Waals surface area contributed by atoms with Crippen molar-refractivity contribution in [2.75, 3.05) is 24.4 Å². The second-order valence-corrected chi connectivity index (χ2v) is 8.97. The Morgan fingerprint density at radius 1 is 1.30 bits per heavy atom. The summed E-state index contributed by atoms with van der Waals surface area (Å²) < 4.78 is 47.9. The largest absolute Gasteiger partial charge is 0.330 e. The molecule has 0 radical (unpaired) electrons. The summed E-state index contributed by atoms with van der Waals surface area (Å²) in [6.45, 7) is 0.604. The minimum Gasteiger partial charge on any atom is -0.330 e. The lowest BCUT2D eigenvalue weighted by Gasteiger charge is -2.21. The lowest BCUT2D eigenvalue weighted by molar-refractivity contribution is 0.404. The Hall–Kier alpha value is -1.03. The molecule has 0 aliphatic carbocycles. The van der Waals surface area contributed by atoms with Crippen LogP contribution < -0.4 is 5.73 Å². The van der Waals surface area contributed by atoms with Gasteiger partial charge in [-0.2, -0.15) is 4.31 Å². The van der Waals surface area contributed by atoms with Gasteiger partial charge in [0, 0.05) is 31.7 Å². The minimum atomic E-state index is -3.89. The van der Waals surface area contributed by atoms with Gasteiger partial charge in [0.25, 0.3) is 0 Å². The van der Waals surface area contributed by atoms with Crippen LogP contribution in [0.2, 0.25) is 0 Å². The highest BCUT2D eigenvalue weighted by molar-refractivity contribution is 8.06. The topological polar surface area (TPSA) is 110 Å². The molecule has 114 valence electrons. The van der Waals surface area contributed by atoms with Crippen LogP contribution >= 0.6 is 0 Å². The maximum absolute atomic E-state index is 12.1. The van der Waals surface area contributed by atoms with Crippen molar-refractivity contribution < 1.29 is 16.8 Å². The summed E-state index contributed by atoms with van der Waals surface area (Å²) in [6, 6.07) is 3.43. The van der Waals surface area contributed by atoms with E-state index in [1.165, 1.54) is 0 Å². The highest BCUT2D eigenvalue weighted by atomic mass is 32.3. The Morgan fingerprint density at radius 2 is 2.00 bits per heavy atom. The van der Waals surface area contributed by atoms with Gasteiger partial charge in [0.2, 0.25) is 10.0 Å². The van der Waals surface area contributed by atoms with Crippen molar-refractivity contribution in [2.24, 2.45) is 5.73 Å². The van der Waals surface area contributed by atoms with Crippen molar-refractivity contribution in [2.45, 2.75) is 13.0 Å². The molecule has 0 spiro atoms. The van der Waals surface area contributed by atoms with Crippen molar-refractivity contribution in [1.29, 1.82) is 0 Å². The first kappa shape index (κ1) is 17.0. The van der Waals surface area contributed by atoms with Crippen LogP contribution in [-0.2, 0) is 26.4 Å². The third kappa shape index (κ3) is 5.95. The van der Waals surface area contributed by atoms with E-state index in [0.29, 0.717) is 18.5 Å². The first-order valence-corrected chi connectivity index (χ1v) is 9.66. The summed E-state index contributed by atoms with van der Waals surface area (Å²) in [7, 11) is -7.51. The van der Waals surface area contributed by atoms with Crippen molar-refractivity contribution >= 4 is 19.9 Å². The number of nitrogens with two attached hydrogens (primary N) is 1. The van der Waals surface area contributed by atoms with Gasteiger partial charge < -0.3 is 5.73 Å². The van der Waals surface area contributed by atoms with Gasteiger partial charge in [0.05, 0.1) is 0 Å². The Bertz CT molecular complexity index is 614. The zero-order chi connectivity index (χ0) is 15.2. The average molecular weight is 321 g/mol. The lowest BCUT2D eigenvalue weighted by Crippen LogP contribution is -2.36. The molecule has 7 nitrogen and oxygen atoms in total. The molecule has 0 aliphatic rings. The smallest absolute Gasteiger partial charge is 0.228 e. The van der Waals surface area contributed by atoms with Crippen molar-refractivity contribution in [1.82, 2.24) is 9.29 Å². The summed E-state index contributed by atoms with van der Waals surface area (Å²) >= 11 is 0. The van der Waals surface area contributed by atoms with Crippen molar-refractivity contribution in [3.05, 3.63) is 30.1 Å². The molecule has 0 saturated carbocycles. The molecular weight excluding hydrogens is 302 g/mol. The van der Waals surface area contributed by atoms with E-state index in [0.717, 1.165) is 10.6 Å². The van der Waals surface area contributed by atoms with Crippen LogP contribution in [0.3, 0.4) is 0 Å². The van der Waals surface area contributed by atoms with Crippen LogP contribution in [0.5, 0.6) is 0 Å². The van der Waals surface area contributed by atoms with E-state index < -0.39 is 24.9 Å². The van der Waals surface area contributed by atoms with E-state index >= 15 is 0 Å². The van der Waals surface area contributed by atoms with E-state index in [1.807, 2.05) is 0 Å². The van der Waals surface area contributed by atoms with Crippen LogP contribution in [0.25, 0.3) is 0 Å². The van der Waals surface area contributed by atoms with Crippen LogP contribution in [0.4, 0.5) is 0 Å². The average Bonchev–Trinajstić information content (AvgIpc) is 2.32. The Kier molecular flexibility index (Phi) is 6.06. The number of aromatic nitrogens is 1. The zero-order valence-corrected chi connectivity index (χ0v) is 12.9. The Balaban J connectivity index is 2.94. The fourth-order valence-electron chi connectivity index (χ4n) is 1.62. The van der Waals surface area contributed by atoms with Crippen LogP contribution in [-0.4, -0.2) is 50.6 Å². The normalized spacial score (nSPS) is 12.8. The van der Waals surface area contributed by atoms with E-state index in [-0.39, 0.29) is 13.1 Å². The minimum absolute atomic E-state index is 0.0890. The molecular formula is C11H19N3O4S2. The lowest BCUT2D eigenvalue weighted by atomic mass is 10.3. The third-order valence-corrected chi connectivity index (χ3v) is 6.45. The maximum Gasteiger partial charge on any atom is 0.228 e. The summed E-state index contributed by atoms with van der Waals surface area (Å²) in [5.41, 5.74) is 6.08. The van der Waals surface area contributed by atoms with E-state index in [1.54, 1.807) is 24.5 Å². The predicted octanol–water partition coefficient (Wildman–Crippen LogP) is -0.436. The first-order valence-electron chi connectivity index (χ1n) is 5.99. The molecule has 0 bridgehead atoms. The highest BCUT2D eigenvalue weighted by Gasteiger charge is 2.26. The molecule has 0 aliphatic heterocycles. The number of hydrogen-bond donors (Lipinski definition) is 1. The van der Waals surface area contributed by atoms with Gasteiger partial charge in [-0.05, 0) is 24.6 Å². The van der Waals surface area contributed by atoms with Gasteiger partial charge in [-0.3, -0.25) is 4.98 Å². The van der Waals surface area contributed by atoms with Crippen molar-refractivity contribution in [3.8, 4) is 0 Å². The summed E-state index contributed by atoms with van der Waals surface area (Å²) in [4.78, 5) is 3.91. The van der Waals surface area contributed by atoms with Gasteiger partial charge in [0.1, 0.15) is 0 Å². The van der Waals surface area contributed by atoms with Crippen molar-refractivity contribution in [3.63, 3.8) is 0 Å². The second-order valence-electron chi connectivity index (χ2n) is 4.49. The van der Waals surface area contributed by atoms with E-state index in [2.05, 4.69) is 4.98 Å². The van der Waals surface area contributed by atoms with Gasteiger partial charge in [-0.15, -0.1) is 0 Å². The molecule has 0 atom stereocenters. The van der Waals surface area contributed by atoms with Crippen LogP contribution in [0, 0.1) is 0 Å². The van der Waals surface area contributed by atoms with Crippen LogP contribution in [0.15, 0.2) is 24.5 Å². The molecule has 2 N–H and O–H groups in total. The molecule has 0 amide bonds. The molecule has 20 heavy (non-hydrogen) atoms. The molecule has 0 aromatic carbocycles. The maximum atomic E-state index is 12.1. The van der Waals surface area contributed by atoms with Gasteiger partial charge in [0.15, 0.2) is 14.9 Å². The quantitative estimate of drug-likeness (QED) is 0.695. The number of hydrogen-bond acceptors (Lipinski definition) is 6. The molecule has 1 rings (SSSR count). The monoisotopic (exact) mass is 321 g/mol. The number of sulfonamides is 1. The summed E-state index contributed by atoms with van der Waals surface area (Å²) in [6.07, 6.45) is 4.49. The number of sulfone groups is 1. The second kappa shape index (κ2) is 7.11. The first-order chi connectivity index (χ1) is 9.24. The van der Waals surface area contributed by atoms with E-state index in [4.69, 9.17) is 5.73 Å². The molecule has 9 heteroatoms. The molecule has 0 saturated heterocycles. The number of rotatable bonds is 8. The zero-order valence-electron chi connectivity index (χ0n) is 11.3. The number of pyridine rings is 1. The fourth-order valence-corrected chi connectivity index (χ4v) is 5.14. The highest BCUT2D eigenvalue weighted by Crippen LogP contribution is 2.11. The molecule has 1 aromatic heterocycles. The molecule has 0 fully saturated rings. The van der Waals surface area contributed by atoms with Gasteiger partial charge in [-0.25, -0.2) is 16.8 Å². The Labute approximate surface area is 119 Å². The summed E-state index contributed by atoms with van der Waals surface area (Å²) in [5.74, 6) is 0. The summed E-state index contributed by atoms with van der Waals surface area (Å²) in [5, 5.41) is -0.898. The molecule has 0 unspecified atom stereocenters. The molecule has 1 heterocycles. The van der Waals surface area contributed by atoms with Gasteiger partial charge >= 0.3 is 0 Å².